The number of rotatable bonds is 4. The van der Waals surface area contributed by atoms with Crippen LogP contribution in [0.4, 0.5) is 0 Å². The molecule has 118 valence electrons. The fraction of sp³-hybridized carbons (Fsp3) is 0.0556. The molecule has 0 unspecified atom stereocenters. The lowest BCUT2D eigenvalue weighted by Crippen LogP contribution is -2.22. The predicted molar refractivity (Wildman–Crippen MR) is 98.3 cm³/mol. The smallest absolute Gasteiger partial charge is 0.280 e. The van der Waals surface area contributed by atoms with Crippen LogP contribution >= 0.6 is 22.7 Å². The highest BCUT2D eigenvalue weighted by Crippen LogP contribution is 2.23. The molecule has 4 aromatic rings. The molecule has 0 radical (unpaired) electrons. The summed E-state index contributed by atoms with van der Waals surface area (Å²) < 4.78 is 1.02. The first-order valence-electron chi connectivity index (χ1n) is 7.42. The Bertz CT molecular complexity index is 942. The van der Waals surface area contributed by atoms with Crippen molar-refractivity contribution in [3.05, 3.63) is 70.7 Å². The molecule has 0 aliphatic carbocycles. The minimum absolute atomic E-state index is 0.139. The van der Waals surface area contributed by atoms with Gasteiger partial charge in [0.15, 0.2) is 5.01 Å². The molecule has 0 atom stereocenters. The average Bonchev–Trinajstić information content (AvgIpc) is 3.29. The van der Waals surface area contributed by atoms with Crippen LogP contribution in [0.2, 0.25) is 0 Å². The summed E-state index contributed by atoms with van der Waals surface area (Å²) in [6.45, 7) is 0.479. The van der Waals surface area contributed by atoms with E-state index in [1.165, 1.54) is 11.3 Å². The van der Waals surface area contributed by atoms with E-state index in [0.29, 0.717) is 11.6 Å². The molecule has 0 saturated heterocycles. The summed E-state index contributed by atoms with van der Waals surface area (Å²) in [7, 11) is 0. The van der Waals surface area contributed by atoms with Crippen LogP contribution in [0.25, 0.3) is 20.8 Å². The monoisotopic (exact) mass is 351 g/mol. The molecule has 0 saturated carbocycles. The summed E-state index contributed by atoms with van der Waals surface area (Å²) in [5.41, 5.74) is 3.00. The van der Waals surface area contributed by atoms with Crippen LogP contribution in [-0.2, 0) is 6.54 Å². The number of thiazole rings is 2. The zero-order valence-corrected chi connectivity index (χ0v) is 14.2. The van der Waals surface area contributed by atoms with Crippen LogP contribution in [0.15, 0.2) is 60.1 Å². The van der Waals surface area contributed by atoms with Gasteiger partial charge in [0, 0.05) is 23.7 Å². The van der Waals surface area contributed by atoms with Crippen molar-refractivity contribution < 1.29 is 4.79 Å². The number of carbonyl (C=O) groups is 1. The van der Waals surface area contributed by atoms with E-state index in [9.17, 15) is 4.79 Å². The Balaban J connectivity index is 1.43. The van der Waals surface area contributed by atoms with Gasteiger partial charge in [-0.3, -0.25) is 4.79 Å². The largest absolute Gasteiger partial charge is 0.346 e. The van der Waals surface area contributed by atoms with E-state index < -0.39 is 0 Å². The van der Waals surface area contributed by atoms with Crippen LogP contribution < -0.4 is 5.32 Å². The first-order valence-corrected chi connectivity index (χ1v) is 9.12. The standard InChI is InChI=1S/C18H13N3OS2/c22-16(18-21-14-3-1-2-4-15(14)24-18)20-11-12-5-7-13(8-6-12)17-19-9-10-23-17/h1-10H,11H2,(H,20,22). The number of amides is 1. The Morgan fingerprint density at radius 1 is 1.08 bits per heavy atom. The molecule has 0 bridgehead atoms. The van der Waals surface area contributed by atoms with Crippen LogP contribution in [-0.4, -0.2) is 15.9 Å². The first kappa shape index (κ1) is 15.0. The Morgan fingerprint density at radius 2 is 1.92 bits per heavy atom. The molecule has 4 rings (SSSR count). The Morgan fingerprint density at radius 3 is 2.67 bits per heavy atom. The maximum atomic E-state index is 12.3. The summed E-state index contributed by atoms with van der Waals surface area (Å²) in [5.74, 6) is -0.139. The van der Waals surface area contributed by atoms with E-state index in [1.54, 1.807) is 17.5 Å². The van der Waals surface area contributed by atoms with Crippen molar-refractivity contribution in [3.63, 3.8) is 0 Å². The second kappa shape index (κ2) is 6.51. The molecule has 1 N–H and O–H groups in total. The number of para-hydroxylation sites is 1. The van der Waals surface area contributed by atoms with E-state index in [-0.39, 0.29) is 5.91 Å². The van der Waals surface area contributed by atoms with Gasteiger partial charge < -0.3 is 5.32 Å². The van der Waals surface area contributed by atoms with Gasteiger partial charge in [0.1, 0.15) is 5.01 Å². The SMILES string of the molecule is O=C(NCc1ccc(-c2nccs2)cc1)c1nc2ccccc2s1. The van der Waals surface area contributed by atoms with Crippen LogP contribution in [0.1, 0.15) is 15.4 Å². The highest BCUT2D eigenvalue weighted by Gasteiger charge is 2.11. The van der Waals surface area contributed by atoms with Crippen molar-refractivity contribution in [2.75, 3.05) is 0 Å². The number of carbonyl (C=O) groups excluding carboxylic acids is 1. The second-order valence-electron chi connectivity index (χ2n) is 5.20. The number of hydrogen-bond donors (Lipinski definition) is 1. The summed E-state index contributed by atoms with van der Waals surface area (Å²) in [4.78, 5) is 20.9. The van der Waals surface area contributed by atoms with Gasteiger partial charge in [-0.05, 0) is 17.7 Å². The van der Waals surface area contributed by atoms with Crippen molar-refractivity contribution in [1.82, 2.24) is 15.3 Å². The van der Waals surface area contributed by atoms with E-state index in [4.69, 9.17) is 0 Å². The molecule has 6 heteroatoms. The number of nitrogens with zero attached hydrogens (tertiary/aromatic N) is 2. The molecule has 1 amide bonds. The molecule has 4 nitrogen and oxygen atoms in total. The highest BCUT2D eigenvalue weighted by molar-refractivity contribution is 7.20. The number of aromatic nitrogens is 2. The Hall–Kier alpha value is -2.57. The van der Waals surface area contributed by atoms with Crippen molar-refractivity contribution in [1.29, 1.82) is 0 Å². The third-order valence-electron chi connectivity index (χ3n) is 3.57. The predicted octanol–water partition coefficient (Wildman–Crippen LogP) is 4.35. The maximum absolute atomic E-state index is 12.3. The van der Waals surface area contributed by atoms with E-state index >= 15 is 0 Å². The van der Waals surface area contributed by atoms with Crippen molar-refractivity contribution in [2.45, 2.75) is 6.54 Å². The number of hydrogen-bond acceptors (Lipinski definition) is 5. The van der Waals surface area contributed by atoms with Gasteiger partial charge in [-0.25, -0.2) is 9.97 Å². The number of nitrogens with one attached hydrogen (secondary N) is 1. The van der Waals surface area contributed by atoms with Gasteiger partial charge in [-0.1, -0.05) is 36.4 Å². The van der Waals surface area contributed by atoms with Crippen molar-refractivity contribution in [2.24, 2.45) is 0 Å². The Labute approximate surface area is 146 Å². The molecule has 0 aliphatic rings. The molecule has 2 aromatic carbocycles. The van der Waals surface area contributed by atoms with Gasteiger partial charge in [-0.2, -0.15) is 0 Å². The van der Waals surface area contributed by atoms with Gasteiger partial charge in [0.05, 0.1) is 10.2 Å². The first-order chi connectivity index (χ1) is 11.8. The minimum atomic E-state index is -0.139. The second-order valence-corrected chi connectivity index (χ2v) is 7.13. The zero-order chi connectivity index (χ0) is 16.4. The normalized spacial score (nSPS) is 10.8. The van der Waals surface area contributed by atoms with Gasteiger partial charge in [-0.15, -0.1) is 22.7 Å². The topological polar surface area (TPSA) is 54.9 Å². The molecule has 0 aliphatic heterocycles. The van der Waals surface area contributed by atoms with Crippen LogP contribution in [0, 0.1) is 0 Å². The minimum Gasteiger partial charge on any atom is -0.346 e. The lowest BCUT2D eigenvalue weighted by Gasteiger charge is -2.04. The number of benzene rings is 2. The number of fused-ring (bicyclic) bond motifs is 1. The van der Waals surface area contributed by atoms with Crippen molar-refractivity contribution in [3.8, 4) is 10.6 Å². The molecule has 2 aromatic heterocycles. The van der Waals surface area contributed by atoms with Crippen LogP contribution in [0.3, 0.4) is 0 Å². The van der Waals surface area contributed by atoms with Crippen LogP contribution in [0.5, 0.6) is 0 Å². The lowest BCUT2D eigenvalue weighted by atomic mass is 10.1. The lowest BCUT2D eigenvalue weighted by molar-refractivity contribution is 0.0950. The Kier molecular flexibility index (Phi) is 4.06. The third-order valence-corrected chi connectivity index (χ3v) is 5.43. The van der Waals surface area contributed by atoms with Gasteiger partial charge >= 0.3 is 0 Å². The van der Waals surface area contributed by atoms with E-state index in [1.807, 2.05) is 53.9 Å². The third kappa shape index (κ3) is 3.06. The molecule has 0 spiro atoms. The highest BCUT2D eigenvalue weighted by atomic mass is 32.1. The van der Waals surface area contributed by atoms with Gasteiger partial charge in [0.2, 0.25) is 0 Å². The molecule has 2 heterocycles. The molecule has 24 heavy (non-hydrogen) atoms. The summed E-state index contributed by atoms with van der Waals surface area (Å²) in [6.07, 6.45) is 1.80. The van der Waals surface area contributed by atoms with Gasteiger partial charge in [0.25, 0.3) is 5.91 Å². The molecular weight excluding hydrogens is 338 g/mol. The average molecular weight is 351 g/mol. The summed E-state index contributed by atoms with van der Waals surface area (Å²) in [5, 5.41) is 6.38. The quantitative estimate of drug-likeness (QED) is 0.595. The summed E-state index contributed by atoms with van der Waals surface area (Å²) >= 11 is 3.02. The fourth-order valence-corrected chi connectivity index (χ4v) is 3.88. The molecular formula is C18H13N3OS2. The van der Waals surface area contributed by atoms with E-state index in [0.717, 1.165) is 26.4 Å². The van der Waals surface area contributed by atoms with Crippen molar-refractivity contribution >= 4 is 38.8 Å². The maximum Gasteiger partial charge on any atom is 0.280 e. The fourth-order valence-electron chi connectivity index (χ4n) is 2.36. The zero-order valence-electron chi connectivity index (χ0n) is 12.6. The molecule has 0 fully saturated rings. The summed E-state index contributed by atoms with van der Waals surface area (Å²) in [6, 6.07) is 15.8. The van der Waals surface area contributed by atoms with E-state index in [2.05, 4.69) is 15.3 Å².